The molecule has 1 aromatic heterocycles. The van der Waals surface area contributed by atoms with E-state index in [0.29, 0.717) is 19.6 Å². The van der Waals surface area contributed by atoms with Crippen LogP contribution in [0.25, 0.3) is 0 Å². The number of rotatable bonds is 7. The lowest BCUT2D eigenvalue weighted by Gasteiger charge is -2.27. The molecular formula is C21H37N5O2. The zero-order valence-electron chi connectivity index (χ0n) is 18.5. The average molecular weight is 392 g/mol. The van der Waals surface area contributed by atoms with Gasteiger partial charge in [-0.05, 0) is 66.5 Å². The Balaban J connectivity index is 2.72. The lowest BCUT2D eigenvalue weighted by Crippen LogP contribution is -2.47. The van der Waals surface area contributed by atoms with Gasteiger partial charge >= 0.3 is 6.09 Å². The van der Waals surface area contributed by atoms with Gasteiger partial charge in [0.2, 0.25) is 0 Å². The zero-order valence-corrected chi connectivity index (χ0v) is 18.5. The van der Waals surface area contributed by atoms with Crippen molar-refractivity contribution in [3.05, 3.63) is 30.1 Å². The Labute approximate surface area is 170 Å². The topological polar surface area (TPSA) is 78.9 Å². The summed E-state index contributed by atoms with van der Waals surface area (Å²) in [5.74, 6) is 0.783. The van der Waals surface area contributed by atoms with E-state index >= 15 is 0 Å². The van der Waals surface area contributed by atoms with Crippen LogP contribution in [0.15, 0.2) is 29.5 Å². The highest BCUT2D eigenvalue weighted by Crippen LogP contribution is 2.13. The number of hydrogen-bond donors (Lipinski definition) is 2. The summed E-state index contributed by atoms with van der Waals surface area (Å²) < 4.78 is 5.56. The Morgan fingerprint density at radius 3 is 2.50 bits per heavy atom. The molecule has 0 aliphatic rings. The van der Waals surface area contributed by atoms with Gasteiger partial charge in [0.05, 0.1) is 6.54 Å². The number of hydrogen-bond acceptors (Lipinski definition) is 4. The van der Waals surface area contributed by atoms with Gasteiger partial charge in [-0.15, -0.1) is 0 Å². The summed E-state index contributed by atoms with van der Waals surface area (Å²) >= 11 is 0. The Bertz CT molecular complexity index is 618. The first-order valence-electron chi connectivity index (χ1n) is 9.93. The Morgan fingerprint density at radius 1 is 1.25 bits per heavy atom. The standard InChI is InChI=1S/C21H37N5O2/c1-8-23-18(25-20(2,3)4)24-13-10-14-26(19(27)28-21(5,6)7)16-17-11-9-12-22-15-17/h9,11-12,15H,8,10,13-14,16H2,1-7H3,(H2,23,24,25). The molecule has 0 spiro atoms. The molecule has 1 amide bonds. The average Bonchev–Trinajstić information content (AvgIpc) is 2.55. The second-order valence-corrected chi connectivity index (χ2v) is 8.75. The molecule has 0 aliphatic heterocycles. The molecular weight excluding hydrogens is 354 g/mol. The van der Waals surface area contributed by atoms with Gasteiger partial charge in [0.1, 0.15) is 5.60 Å². The van der Waals surface area contributed by atoms with E-state index < -0.39 is 5.60 Å². The van der Waals surface area contributed by atoms with Crippen molar-refractivity contribution in [2.75, 3.05) is 19.6 Å². The Kier molecular flexibility index (Phi) is 9.22. The molecule has 0 bridgehead atoms. The summed E-state index contributed by atoms with van der Waals surface area (Å²) in [4.78, 5) is 23.1. The normalized spacial score (nSPS) is 12.5. The molecule has 0 saturated carbocycles. The van der Waals surface area contributed by atoms with Crippen molar-refractivity contribution in [2.24, 2.45) is 4.99 Å². The fourth-order valence-electron chi connectivity index (χ4n) is 2.39. The maximum atomic E-state index is 12.6. The quantitative estimate of drug-likeness (QED) is 0.422. The predicted octanol–water partition coefficient (Wildman–Crippen LogP) is 3.56. The largest absolute Gasteiger partial charge is 0.444 e. The van der Waals surface area contributed by atoms with Gasteiger partial charge in [0.15, 0.2) is 5.96 Å². The molecule has 0 unspecified atom stereocenters. The van der Waals surface area contributed by atoms with Gasteiger partial charge in [-0.25, -0.2) is 4.79 Å². The lowest BCUT2D eigenvalue weighted by atomic mass is 10.1. The van der Waals surface area contributed by atoms with Gasteiger partial charge in [-0.3, -0.25) is 9.98 Å². The fourth-order valence-corrected chi connectivity index (χ4v) is 2.39. The van der Waals surface area contributed by atoms with Crippen LogP contribution >= 0.6 is 0 Å². The first kappa shape index (κ1) is 23.7. The number of nitrogens with one attached hydrogen (secondary N) is 2. The second kappa shape index (κ2) is 10.9. The molecule has 28 heavy (non-hydrogen) atoms. The highest BCUT2D eigenvalue weighted by atomic mass is 16.6. The molecule has 0 atom stereocenters. The van der Waals surface area contributed by atoms with E-state index in [1.54, 1.807) is 17.3 Å². The third kappa shape index (κ3) is 10.7. The number of aliphatic imine (C=N–C) groups is 1. The minimum absolute atomic E-state index is 0.0656. The SMILES string of the molecule is CCNC(=NCCCN(Cc1cccnc1)C(=O)OC(C)(C)C)NC(C)(C)C. The van der Waals surface area contributed by atoms with Gasteiger partial charge in [-0.2, -0.15) is 0 Å². The number of amides is 1. The van der Waals surface area contributed by atoms with Crippen molar-refractivity contribution in [1.29, 1.82) is 0 Å². The van der Waals surface area contributed by atoms with E-state index in [1.807, 2.05) is 39.8 Å². The fraction of sp³-hybridized carbons (Fsp3) is 0.667. The zero-order chi connectivity index (χ0) is 21.2. The van der Waals surface area contributed by atoms with E-state index in [0.717, 1.165) is 24.5 Å². The Hall–Kier alpha value is -2.31. The summed E-state index contributed by atoms with van der Waals surface area (Å²) in [7, 11) is 0. The Morgan fingerprint density at radius 2 is 1.96 bits per heavy atom. The maximum Gasteiger partial charge on any atom is 0.410 e. The highest BCUT2D eigenvalue weighted by molar-refractivity contribution is 5.80. The molecule has 0 aromatic carbocycles. The van der Waals surface area contributed by atoms with Crippen LogP contribution in [0.2, 0.25) is 0 Å². The number of aromatic nitrogens is 1. The minimum Gasteiger partial charge on any atom is -0.444 e. The molecule has 7 heteroatoms. The second-order valence-electron chi connectivity index (χ2n) is 8.75. The van der Waals surface area contributed by atoms with Gasteiger partial charge < -0.3 is 20.3 Å². The van der Waals surface area contributed by atoms with Crippen LogP contribution in [0.5, 0.6) is 0 Å². The molecule has 7 nitrogen and oxygen atoms in total. The number of guanidine groups is 1. The number of nitrogens with zero attached hydrogens (tertiary/aromatic N) is 3. The monoisotopic (exact) mass is 391 g/mol. The van der Waals surface area contributed by atoms with Crippen LogP contribution in [-0.4, -0.2) is 52.7 Å². The summed E-state index contributed by atoms with van der Waals surface area (Å²) in [6.07, 6.45) is 3.91. The molecule has 1 heterocycles. The van der Waals surface area contributed by atoms with Crippen molar-refractivity contribution in [3.8, 4) is 0 Å². The van der Waals surface area contributed by atoms with E-state index in [9.17, 15) is 4.79 Å². The van der Waals surface area contributed by atoms with Crippen LogP contribution in [0.1, 0.15) is 60.5 Å². The van der Waals surface area contributed by atoms with Gasteiger partial charge in [-0.1, -0.05) is 6.07 Å². The molecule has 1 aromatic rings. The first-order chi connectivity index (χ1) is 13.0. The number of carbonyl (C=O) groups excluding carboxylic acids is 1. The third-order valence-electron chi connectivity index (χ3n) is 3.44. The van der Waals surface area contributed by atoms with E-state index in [4.69, 9.17) is 4.74 Å². The highest BCUT2D eigenvalue weighted by Gasteiger charge is 2.22. The number of carbonyl (C=O) groups is 1. The first-order valence-corrected chi connectivity index (χ1v) is 9.93. The van der Waals surface area contributed by atoms with E-state index in [1.165, 1.54) is 0 Å². The van der Waals surface area contributed by atoms with Gasteiger partial charge in [0.25, 0.3) is 0 Å². The van der Waals surface area contributed by atoms with Crippen molar-refractivity contribution in [3.63, 3.8) is 0 Å². The lowest BCUT2D eigenvalue weighted by molar-refractivity contribution is 0.0232. The van der Waals surface area contributed by atoms with Crippen LogP contribution < -0.4 is 10.6 Å². The van der Waals surface area contributed by atoms with Crippen LogP contribution in [0.3, 0.4) is 0 Å². The molecule has 2 N–H and O–H groups in total. The molecule has 0 fully saturated rings. The third-order valence-corrected chi connectivity index (χ3v) is 3.44. The predicted molar refractivity (Wildman–Crippen MR) is 114 cm³/mol. The van der Waals surface area contributed by atoms with Crippen molar-refractivity contribution in [2.45, 2.75) is 72.6 Å². The molecule has 0 saturated heterocycles. The van der Waals surface area contributed by atoms with Gasteiger partial charge in [0, 0.05) is 37.6 Å². The molecule has 158 valence electrons. The van der Waals surface area contributed by atoms with Crippen LogP contribution in [0.4, 0.5) is 4.79 Å². The summed E-state index contributed by atoms with van der Waals surface area (Å²) in [6, 6.07) is 3.83. The number of pyridine rings is 1. The summed E-state index contributed by atoms with van der Waals surface area (Å²) in [5.41, 5.74) is 0.376. The van der Waals surface area contributed by atoms with Crippen molar-refractivity contribution >= 4 is 12.1 Å². The maximum absolute atomic E-state index is 12.6. The number of ether oxygens (including phenoxy) is 1. The summed E-state index contributed by atoms with van der Waals surface area (Å²) in [5, 5.41) is 6.61. The molecule has 0 radical (unpaired) electrons. The summed E-state index contributed by atoms with van der Waals surface area (Å²) in [6.45, 7) is 16.4. The van der Waals surface area contributed by atoms with Crippen LogP contribution in [-0.2, 0) is 11.3 Å². The molecule has 0 aliphatic carbocycles. The minimum atomic E-state index is -0.530. The van der Waals surface area contributed by atoms with E-state index in [2.05, 4.69) is 41.4 Å². The van der Waals surface area contributed by atoms with Crippen LogP contribution in [0, 0.1) is 0 Å². The van der Waals surface area contributed by atoms with Crippen molar-refractivity contribution in [1.82, 2.24) is 20.5 Å². The smallest absolute Gasteiger partial charge is 0.410 e. The van der Waals surface area contributed by atoms with Crippen molar-refractivity contribution < 1.29 is 9.53 Å². The van der Waals surface area contributed by atoms with E-state index in [-0.39, 0.29) is 11.6 Å². The molecule has 1 rings (SSSR count).